The number of aromatic hydroxyl groups is 1. The van der Waals surface area contributed by atoms with Crippen LogP contribution in [0.4, 0.5) is 13.2 Å². The number of alkyl halides is 3. The molecule has 0 aromatic heterocycles. The van der Waals surface area contributed by atoms with Crippen molar-refractivity contribution in [2.45, 2.75) is 30.2 Å². The molecule has 0 aliphatic carbocycles. The van der Waals surface area contributed by atoms with Gasteiger partial charge >= 0.3 is 6.18 Å². The molecule has 10 heteroatoms. The highest BCUT2D eigenvalue weighted by atomic mass is 32.2. The summed E-state index contributed by atoms with van der Waals surface area (Å²) >= 11 is 0. The molecule has 1 aromatic carbocycles. The average Bonchev–Trinajstić information content (AvgIpc) is 2.33. The molecule has 0 aliphatic heterocycles. The van der Waals surface area contributed by atoms with Crippen LogP contribution in [0.15, 0.2) is 23.1 Å². The van der Waals surface area contributed by atoms with Crippen molar-refractivity contribution in [1.29, 1.82) is 0 Å². The van der Waals surface area contributed by atoms with E-state index >= 15 is 0 Å². The van der Waals surface area contributed by atoms with E-state index in [1.54, 1.807) is 0 Å². The maximum atomic E-state index is 12.0. The van der Waals surface area contributed by atoms with Gasteiger partial charge in [0.15, 0.2) is 6.10 Å². The van der Waals surface area contributed by atoms with Crippen molar-refractivity contribution in [1.82, 2.24) is 0 Å². The van der Waals surface area contributed by atoms with Crippen molar-refractivity contribution in [2.75, 3.05) is 6.61 Å². The number of halogens is 3. The van der Waals surface area contributed by atoms with Gasteiger partial charge in [0.25, 0.3) is 0 Å². The Morgan fingerprint density at radius 2 is 1.95 bits per heavy atom. The van der Waals surface area contributed by atoms with Gasteiger partial charge in [-0.1, -0.05) is 0 Å². The van der Waals surface area contributed by atoms with Crippen LogP contribution in [0.25, 0.3) is 0 Å². The number of rotatable bonds is 6. The second-order valence-corrected chi connectivity index (χ2v) is 5.52. The topological polar surface area (TPSA) is 107 Å². The second-order valence-electron chi connectivity index (χ2n) is 4.14. The van der Waals surface area contributed by atoms with E-state index in [0.29, 0.717) is 0 Å². The molecule has 1 atom stereocenters. The van der Waals surface area contributed by atoms with Gasteiger partial charge in [-0.05, 0) is 18.2 Å². The lowest BCUT2D eigenvalue weighted by Crippen LogP contribution is -2.29. The molecule has 0 saturated carbocycles. The SMILES string of the molecule is O=S(=O)([O-])c1ccc(O)c(COCCC(O)C(F)(F)F)c1. The number of aliphatic hydroxyl groups excluding tert-OH is 1. The van der Waals surface area contributed by atoms with E-state index in [1.807, 2.05) is 0 Å². The van der Waals surface area contributed by atoms with Gasteiger partial charge in [0.2, 0.25) is 0 Å². The van der Waals surface area contributed by atoms with Crippen LogP contribution in [-0.4, -0.2) is 42.1 Å². The standard InChI is InChI=1S/C11H13F3O6S/c12-11(13,14)10(16)3-4-20-6-7-5-8(21(17,18)19)1-2-9(7)15/h1-2,5,10,15-16H,3-4,6H2,(H,17,18,19)/p-1. The van der Waals surface area contributed by atoms with Crippen molar-refractivity contribution >= 4 is 10.1 Å². The molecule has 0 saturated heterocycles. The molecule has 0 bridgehead atoms. The zero-order valence-electron chi connectivity index (χ0n) is 10.5. The first kappa shape index (κ1) is 17.7. The Morgan fingerprint density at radius 1 is 1.33 bits per heavy atom. The van der Waals surface area contributed by atoms with Gasteiger partial charge in [0.05, 0.1) is 11.5 Å². The van der Waals surface area contributed by atoms with Crippen LogP contribution in [0.1, 0.15) is 12.0 Å². The Morgan fingerprint density at radius 3 is 2.48 bits per heavy atom. The summed E-state index contributed by atoms with van der Waals surface area (Å²) in [4.78, 5) is -0.589. The minimum atomic E-state index is -4.75. The fourth-order valence-corrected chi connectivity index (χ4v) is 1.90. The minimum Gasteiger partial charge on any atom is -0.744 e. The fourth-order valence-electron chi connectivity index (χ4n) is 1.37. The fraction of sp³-hybridized carbons (Fsp3) is 0.455. The van der Waals surface area contributed by atoms with Crippen LogP contribution in [0, 0.1) is 0 Å². The smallest absolute Gasteiger partial charge is 0.414 e. The third-order valence-corrected chi connectivity index (χ3v) is 3.34. The van der Waals surface area contributed by atoms with Gasteiger partial charge < -0.3 is 19.5 Å². The molecule has 0 spiro atoms. The summed E-state index contributed by atoms with van der Waals surface area (Å²) in [6.07, 6.45) is -7.98. The van der Waals surface area contributed by atoms with Gasteiger partial charge in [0.1, 0.15) is 15.9 Å². The molecule has 1 unspecified atom stereocenters. The lowest BCUT2D eigenvalue weighted by Gasteiger charge is -2.15. The van der Waals surface area contributed by atoms with Crippen molar-refractivity contribution in [3.63, 3.8) is 0 Å². The quantitative estimate of drug-likeness (QED) is 0.598. The van der Waals surface area contributed by atoms with Gasteiger partial charge in [-0.3, -0.25) is 0 Å². The molecule has 120 valence electrons. The highest BCUT2D eigenvalue weighted by Crippen LogP contribution is 2.24. The molecule has 6 nitrogen and oxygen atoms in total. The summed E-state index contributed by atoms with van der Waals surface area (Å²) in [5, 5.41) is 18.1. The Hall–Kier alpha value is -1.36. The lowest BCUT2D eigenvalue weighted by molar-refractivity contribution is -0.208. The normalized spacial score (nSPS) is 14.1. The van der Waals surface area contributed by atoms with Crippen molar-refractivity contribution in [3.8, 4) is 5.75 Å². The van der Waals surface area contributed by atoms with Crippen LogP contribution < -0.4 is 0 Å². The van der Waals surface area contributed by atoms with Crippen molar-refractivity contribution in [3.05, 3.63) is 23.8 Å². The molecule has 2 N–H and O–H groups in total. The van der Waals surface area contributed by atoms with E-state index in [-0.39, 0.29) is 11.3 Å². The van der Waals surface area contributed by atoms with Crippen LogP contribution in [0.3, 0.4) is 0 Å². The molecule has 0 radical (unpaired) electrons. The van der Waals surface area contributed by atoms with Gasteiger partial charge in [-0.2, -0.15) is 13.2 Å². The monoisotopic (exact) mass is 329 g/mol. The van der Waals surface area contributed by atoms with E-state index in [4.69, 9.17) is 9.84 Å². The number of phenols is 1. The summed E-state index contributed by atoms with van der Waals surface area (Å²) < 4.78 is 73.2. The Balaban J connectivity index is 2.60. The van der Waals surface area contributed by atoms with Crippen LogP contribution in [-0.2, 0) is 21.5 Å². The summed E-state index contributed by atoms with van der Waals surface area (Å²) in [7, 11) is -4.71. The number of hydrogen-bond donors (Lipinski definition) is 2. The lowest BCUT2D eigenvalue weighted by atomic mass is 10.2. The largest absolute Gasteiger partial charge is 0.744 e. The first-order chi connectivity index (χ1) is 9.51. The molecule has 1 rings (SSSR count). The van der Waals surface area contributed by atoms with E-state index < -0.39 is 46.9 Å². The van der Waals surface area contributed by atoms with Crippen LogP contribution >= 0.6 is 0 Å². The Labute approximate surface area is 118 Å². The van der Waals surface area contributed by atoms with E-state index in [1.165, 1.54) is 0 Å². The summed E-state index contributed by atoms with van der Waals surface area (Å²) in [6.45, 7) is -0.867. The van der Waals surface area contributed by atoms with E-state index in [0.717, 1.165) is 18.2 Å². The third-order valence-electron chi connectivity index (χ3n) is 2.51. The van der Waals surface area contributed by atoms with Crippen LogP contribution in [0.5, 0.6) is 5.75 Å². The van der Waals surface area contributed by atoms with Gasteiger partial charge in [-0.25, -0.2) is 8.42 Å². The first-order valence-corrected chi connectivity index (χ1v) is 7.03. The van der Waals surface area contributed by atoms with Crippen molar-refractivity contribution in [2.24, 2.45) is 0 Å². The molecule has 0 aliphatic rings. The number of phenolic OH excluding ortho intramolecular Hbond substituents is 1. The molecule has 0 fully saturated rings. The van der Waals surface area contributed by atoms with Gasteiger partial charge in [-0.15, -0.1) is 0 Å². The highest BCUT2D eigenvalue weighted by molar-refractivity contribution is 7.85. The predicted molar refractivity (Wildman–Crippen MR) is 62.4 cm³/mol. The Kier molecular flexibility index (Phi) is 5.56. The van der Waals surface area contributed by atoms with E-state index in [2.05, 4.69) is 0 Å². The zero-order chi connectivity index (χ0) is 16.3. The molecule has 0 amide bonds. The van der Waals surface area contributed by atoms with Gasteiger partial charge in [0, 0.05) is 18.6 Å². The summed E-state index contributed by atoms with van der Waals surface area (Å²) in [5.74, 6) is -0.362. The molecular weight excluding hydrogens is 317 g/mol. The van der Waals surface area contributed by atoms with Crippen molar-refractivity contribution < 1.29 is 41.1 Å². The Bertz CT molecular complexity index is 584. The molecule has 1 aromatic rings. The maximum absolute atomic E-state index is 12.0. The predicted octanol–water partition coefficient (Wildman–Crippen LogP) is 1.13. The minimum absolute atomic E-state index is 0.0616. The number of hydrogen-bond acceptors (Lipinski definition) is 6. The maximum Gasteiger partial charge on any atom is 0.414 e. The zero-order valence-corrected chi connectivity index (χ0v) is 11.3. The molecule has 21 heavy (non-hydrogen) atoms. The number of benzene rings is 1. The second kappa shape index (κ2) is 6.60. The average molecular weight is 329 g/mol. The molecular formula is C11H12F3O6S-. The first-order valence-electron chi connectivity index (χ1n) is 5.62. The summed E-state index contributed by atoms with van der Waals surface area (Å²) in [5.41, 5.74) is -0.0616. The van der Waals surface area contributed by atoms with Crippen LogP contribution in [0.2, 0.25) is 0 Å². The van der Waals surface area contributed by atoms with E-state index in [9.17, 15) is 31.2 Å². The third kappa shape index (κ3) is 5.50. The highest BCUT2D eigenvalue weighted by Gasteiger charge is 2.37. The number of aliphatic hydroxyl groups is 1. The molecule has 0 heterocycles. The number of ether oxygens (including phenoxy) is 1. The summed E-state index contributed by atoms with van der Waals surface area (Å²) in [6, 6.07) is 2.74.